The largest absolute Gasteiger partial charge is 0.350 e. The number of carbonyl (C=O) groups is 2. The summed E-state index contributed by atoms with van der Waals surface area (Å²) in [5.41, 5.74) is 2.68. The Kier molecular flexibility index (Phi) is 4.35. The lowest BCUT2D eigenvalue weighted by atomic mass is 10.0. The molecule has 2 aromatic rings. The van der Waals surface area contributed by atoms with Crippen LogP contribution in [0.2, 0.25) is 10.0 Å². The molecule has 0 bridgehead atoms. The number of carbonyl (C=O) groups excluding carboxylic acids is 2. The summed E-state index contributed by atoms with van der Waals surface area (Å²) in [6.07, 6.45) is 0. The number of amides is 2. The summed E-state index contributed by atoms with van der Waals surface area (Å²) < 4.78 is 0. The van der Waals surface area contributed by atoms with Crippen molar-refractivity contribution >= 4 is 46.3 Å². The molecule has 0 aromatic heterocycles. The van der Waals surface area contributed by atoms with E-state index in [1.807, 2.05) is 31.2 Å². The van der Waals surface area contributed by atoms with Gasteiger partial charge >= 0.3 is 0 Å². The molecule has 0 unspecified atom stereocenters. The van der Waals surface area contributed by atoms with Crippen molar-refractivity contribution in [2.45, 2.75) is 6.92 Å². The highest BCUT2D eigenvalue weighted by atomic mass is 35.5. The summed E-state index contributed by atoms with van der Waals surface area (Å²) in [4.78, 5) is 26.1. The molecule has 1 N–H and O–H groups in total. The van der Waals surface area contributed by atoms with Crippen molar-refractivity contribution in [3.63, 3.8) is 0 Å². The maximum atomic E-state index is 12.5. The Morgan fingerprint density at radius 3 is 2.42 bits per heavy atom. The molecule has 24 heavy (non-hydrogen) atoms. The van der Waals surface area contributed by atoms with Crippen molar-refractivity contribution < 1.29 is 9.59 Å². The lowest BCUT2D eigenvalue weighted by Crippen LogP contribution is -2.27. The minimum Gasteiger partial charge on any atom is -0.350 e. The molecule has 2 aromatic carbocycles. The van der Waals surface area contributed by atoms with Gasteiger partial charge in [0.1, 0.15) is 5.70 Å². The molecule has 122 valence electrons. The zero-order valence-corrected chi connectivity index (χ0v) is 14.6. The van der Waals surface area contributed by atoms with Crippen molar-refractivity contribution in [3.8, 4) is 0 Å². The fourth-order valence-electron chi connectivity index (χ4n) is 2.57. The first-order valence-electron chi connectivity index (χ1n) is 7.24. The number of benzene rings is 2. The highest BCUT2D eigenvalue weighted by molar-refractivity contribution is 6.41. The van der Waals surface area contributed by atoms with Crippen LogP contribution in [0.3, 0.4) is 0 Å². The zero-order valence-electron chi connectivity index (χ0n) is 13.1. The molecule has 2 amide bonds. The van der Waals surface area contributed by atoms with Gasteiger partial charge in [-0.15, -0.1) is 0 Å². The van der Waals surface area contributed by atoms with E-state index in [1.165, 1.54) is 7.05 Å². The summed E-state index contributed by atoms with van der Waals surface area (Å²) in [5, 5.41) is 3.84. The van der Waals surface area contributed by atoms with Crippen LogP contribution >= 0.6 is 23.2 Å². The summed E-state index contributed by atoms with van der Waals surface area (Å²) in [6.45, 7) is 1.95. The second kappa shape index (κ2) is 6.30. The van der Waals surface area contributed by atoms with Crippen LogP contribution in [0.15, 0.2) is 48.2 Å². The maximum Gasteiger partial charge on any atom is 0.277 e. The van der Waals surface area contributed by atoms with Gasteiger partial charge in [-0.25, -0.2) is 0 Å². The smallest absolute Gasteiger partial charge is 0.277 e. The Morgan fingerprint density at radius 2 is 1.75 bits per heavy atom. The molecule has 1 aliphatic rings. The van der Waals surface area contributed by atoms with E-state index in [9.17, 15) is 9.59 Å². The van der Waals surface area contributed by atoms with Crippen LogP contribution in [-0.4, -0.2) is 23.8 Å². The van der Waals surface area contributed by atoms with E-state index in [2.05, 4.69) is 5.32 Å². The summed E-state index contributed by atoms with van der Waals surface area (Å²) >= 11 is 12.2. The molecule has 0 saturated carbocycles. The standard InChI is InChI=1S/C18H14Cl2N2O2/c1-10-4-3-5-12(8-10)21-16-15(17(23)22(2)18(16)24)13-7-6-11(19)9-14(13)20/h3-9,21H,1-2H3. The second-order valence-electron chi connectivity index (χ2n) is 5.54. The predicted molar refractivity (Wildman–Crippen MR) is 96.0 cm³/mol. The molecule has 4 nitrogen and oxygen atoms in total. The van der Waals surface area contributed by atoms with Gasteiger partial charge in [0.05, 0.1) is 10.6 Å². The van der Waals surface area contributed by atoms with Gasteiger partial charge < -0.3 is 5.32 Å². The summed E-state index contributed by atoms with van der Waals surface area (Å²) in [7, 11) is 1.44. The van der Waals surface area contributed by atoms with Gasteiger partial charge in [-0.05, 0) is 36.8 Å². The maximum absolute atomic E-state index is 12.5. The van der Waals surface area contributed by atoms with Crippen LogP contribution in [-0.2, 0) is 9.59 Å². The number of nitrogens with one attached hydrogen (secondary N) is 1. The molecule has 6 heteroatoms. The third kappa shape index (κ3) is 2.90. The van der Waals surface area contributed by atoms with Gasteiger partial charge in [0.25, 0.3) is 11.8 Å². The average molecular weight is 361 g/mol. The van der Waals surface area contributed by atoms with Gasteiger partial charge in [-0.1, -0.05) is 41.4 Å². The first kappa shape index (κ1) is 16.6. The molecule has 0 saturated heterocycles. The van der Waals surface area contributed by atoms with E-state index >= 15 is 0 Å². The SMILES string of the molecule is Cc1cccc(NC2=C(c3ccc(Cl)cc3Cl)C(=O)N(C)C2=O)c1. The molecule has 3 rings (SSSR count). The number of rotatable bonds is 3. The van der Waals surface area contributed by atoms with E-state index in [-0.39, 0.29) is 11.3 Å². The van der Waals surface area contributed by atoms with Crippen LogP contribution in [0.4, 0.5) is 5.69 Å². The second-order valence-corrected chi connectivity index (χ2v) is 6.38. The third-order valence-electron chi connectivity index (χ3n) is 3.77. The van der Waals surface area contributed by atoms with Crippen molar-refractivity contribution in [3.05, 3.63) is 69.3 Å². The number of halogens is 2. The number of nitrogens with zero attached hydrogens (tertiary/aromatic N) is 1. The van der Waals surface area contributed by atoms with E-state index < -0.39 is 11.8 Å². The zero-order chi connectivity index (χ0) is 17.4. The van der Waals surface area contributed by atoms with Crippen molar-refractivity contribution in [2.24, 2.45) is 0 Å². The van der Waals surface area contributed by atoms with Gasteiger partial charge in [0.2, 0.25) is 0 Å². The fraction of sp³-hybridized carbons (Fsp3) is 0.111. The normalized spacial score (nSPS) is 14.6. The number of anilines is 1. The molecule has 0 atom stereocenters. The van der Waals surface area contributed by atoms with E-state index in [0.717, 1.165) is 16.2 Å². The van der Waals surface area contributed by atoms with Gasteiger partial charge in [-0.3, -0.25) is 14.5 Å². The third-order valence-corrected chi connectivity index (χ3v) is 4.32. The molecular weight excluding hydrogens is 347 g/mol. The van der Waals surface area contributed by atoms with E-state index in [0.29, 0.717) is 15.6 Å². The Bertz CT molecular complexity index is 890. The highest BCUT2D eigenvalue weighted by Gasteiger charge is 2.37. The summed E-state index contributed by atoms with van der Waals surface area (Å²) in [6, 6.07) is 12.4. The van der Waals surface area contributed by atoms with Crippen LogP contribution in [0, 0.1) is 6.92 Å². The van der Waals surface area contributed by atoms with Crippen LogP contribution in [0.5, 0.6) is 0 Å². The number of likely N-dealkylation sites (N-methyl/N-ethyl adjacent to an activating group) is 1. The van der Waals surface area contributed by atoms with Gasteiger partial charge in [0, 0.05) is 23.3 Å². The number of hydrogen-bond acceptors (Lipinski definition) is 3. The number of hydrogen-bond donors (Lipinski definition) is 1. The lowest BCUT2D eigenvalue weighted by molar-refractivity contribution is -0.135. The molecular formula is C18H14Cl2N2O2. The first-order valence-corrected chi connectivity index (χ1v) is 8.00. The molecule has 0 aliphatic carbocycles. The minimum absolute atomic E-state index is 0.206. The van der Waals surface area contributed by atoms with Crippen LogP contribution < -0.4 is 5.32 Å². The fourth-order valence-corrected chi connectivity index (χ4v) is 3.07. The van der Waals surface area contributed by atoms with Crippen molar-refractivity contribution in [1.82, 2.24) is 4.90 Å². The minimum atomic E-state index is -0.403. The van der Waals surface area contributed by atoms with Crippen LogP contribution in [0.1, 0.15) is 11.1 Å². The summed E-state index contributed by atoms with van der Waals surface area (Å²) in [5.74, 6) is -0.804. The molecule has 1 aliphatic heterocycles. The molecule has 0 radical (unpaired) electrons. The Morgan fingerprint density at radius 1 is 1.00 bits per heavy atom. The Labute approximate surface area is 149 Å². The number of imide groups is 1. The highest BCUT2D eigenvalue weighted by Crippen LogP contribution is 2.34. The molecule has 0 spiro atoms. The molecule has 1 heterocycles. The van der Waals surface area contributed by atoms with Gasteiger partial charge in [0.15, 0.2) is 0 Å². The number of aryl methyl sites for hydroxylation is 1. The quantitative estimate of drug-likeness (QED) is 0.837. The van der Waals surface area contributed by atoms with E-state index in [1.54, 1.807) is 18.2 Å². The monoisotopic (exact) mass is 360 g/mol. The van der Waals surface area contributed by atoms with Crippen molar-refractivity contribution in [1.29, 1.82) is 0 Å². The average Bonchev–Trinajstić information content (AvgIpc) is 2.73. The van der Waals surface area contributed by atoms with Crippen LogP contribution in [0.25, 0.3) is 5.57 Å². The van der Waals surface area contributed by atoms with E-state index in [4.69, 9.17) is 23.2 Å². The Balaban J connectivity index is 2.14. The van der Waals surface area contributed by atoms with Crippen molar-refractivity contribution in [2.75, 3.05) is 12.4 Å². The van der Waals surface area contributed by atoms with Gasteiger partial charge in [-0.2, -0.15) is 0 Å². The topological polar surface area (TPSA) is 49.4 Å². The lowest BCUT2D eigenvalue weighted by Gasteiger charge is -2.10. The predicted octanol–water partition coefficient (Wildman–Crippen LogP) is 4.12. The molecule has 0 fully saturated rings. The first-order chi connectivity index (χ1) is 11.4. The Hall–Kier alpha value is -2.30.